The number of hydrogen-bond acceptors (Lipinski definition) is 2. The Kier molecular flexibility index (Phi) is 4.60. The lowest BCUT2D eigenvalue weighted by Gasteiger charge is -2.30. The van der Waals surface area contributed by atoms with Crippen LogP contribution >= 0.6 is 0 Å². The van der Waals surface area contributed by atoms with Gasteiger partial charge in [-0.05, 0) is 42.2 Å². The number of rotatable bonds is 3. The molecular formula is C19H19FN2O2. The first-order valence-corrected chi connectivity index (χ1v) is 7.99. The summed E-state index contributed by atoms with van der Waals surface area (Å²) >= 11 is 0. The Hall–Kier alpha value is -2.69. The zero-order valence-corrected chi connectivity index (χ0v) is 13.2. The number of amides is 2. The van der Waals surface area contributed by atoms with E-state index in [1.807, 2.05) is 30.3 Å². The van der Waals surface area contributed by atoms with Crippen LogP contribution in [-0.2, 0) is 4.79 Å². The zero-order valence-electron chi connectivity index (χ0n) is 13.2. The van der Waals surface area contributed by atoms with Crippen molar-refractivity contribution >= 4 is 11.8 Å². The molecule has 0 aromatic heterocycles. The molecule has 1 heterocycles. The molecule has 1 saturated heterocycles. The van der Waals surface area contributed by atoms with Crippen molar-refractivity contribution in [2.75, 3.05) is 13.1 Å². The molecule has 0 radical (unpaired) electrons. The molecule has 5 heteroatoms. The van der Waals surface area contributed by atoms with Crippen LogP contribution in [0.4, 0.5) is 4.39 Å². The highest BCUT2D eigenvalue weighted by Crippen LogP contribution is 2.24. The molecule has 0 aliphatic carbocycles. The highest BCUT2D eigenvalue weighted by atomic mass is 19.1. The van der Waals surface area contributed by atoms with Crippen LogP contribution in [0.1, 0.15) is 23.2 Å². The maximum atomic E-state index is 14.0. The molecule has 0 unspecified atom stereocenters. The molecule has 0 bridgehead atoms. The number of carbonyl (C=O) groups excluding carboxylic acids is 2. The summed E-state index contributed by atoms with van der Waals surface area (Å²) in [4.78, 5) is 25.5. The van der Waals surface area contributed by atoms with E-state index >= 15 is 0 Å². The summed E-state index contributed by atoms with van der Waals surface area (Å²) in [6.45, 7) is 0.924. The third-order valence-electron chi connectivity index (χ3n) is 4.44. The molecule has 0 spiro atoms. The van der Waals surface area contributed by atoms with Crippen molar-refractivity contribution in [1.82, 2.24) is 4.90 Å². The van der Waals surface area contributed by atoms with Crippen molar-refractivity contribution in [3.8, 4) is 11.1 Å². The summed E-state index contributed by atoms with van der Waals surface area (Å²) in [5.41, 5.74) is 7.17. The minimum absolute atomic E-state index is 0.179. The number of piperidine rings is 1. The predicted octanol–water partition coefficient (Wildman–Crippen LogP) is 2.83. The molecule has 2 aromatic rings. The van der Waals surface area contributed by atoms with Gasteiger partial charge in [-0.15, -0.1) is 0 Å². The highest BCUT2D eigenvalue weighted by Gasteiger charge is 2.26. The van der Waals surface area contributed by atoms with Gasteiger partial charge >= 0.3 is 0 Å². The van der Waals surface area contributed by atoms with E-state index in [-0.39, 0.29) is 17.7 Å². The number of benzene rings is 2. The van der Waals surface area contributed by atoms with E-state index in [0.29, 0.717) is 37.1 Å². The molecule has 2 N–H and O–H groups in total. The first-order valence-electron chi connectivity index (χ1n) is 7.99. The van der Waals surface area contributed by atoms with Crippen molar-refractivity contribution in [1.29, 1.82) is 0 Å². The average molecular weight is 326 g/mol. The number of likely N-dealkylation sites (tertiary alicyclic amines) is 1. The van der Waals surface area contributed by atoms with Gasteiger partial charge in [-0.25, -0.2) is 4.39 Å². The molecule has 3 rings (SSSR count). The van der Waals surface area contributed by atoms with Crippen LogP contribution in [0.15, 0.2) is 48.5 Å². The van der Waals surface area contributed by atoms with Gasteiger partial charge in [0.15, 0.2) is 0 Å². The number of primary amides is 1. The van der Waals surface area contributed by atoms with Crippen LogP contribution in [0.2, 0.25) is 0 Å². The quantitative estimate of drug-likeness (QED) is 0.942. The van der Waals surface area contributed by atoms with E-state index in [1.54, 1.807) is 11.0 Å². The summed E-state index contributed by atoms with van der Waals surface area (Å²) in [7, 11) is 0. The Bertz CT molecular complexity index is 753. The molecular weight excluding hydrogens is 307 g/mol. The molecule has 1 fully saturated rings. The van der Waals surface area contributed by atoms with E-state index < -0.39 is 5.82 Å². The summed E-state index contributed by atoms with van der Waals surface area (Å²) in [6.07, 6.45) is 1.11. The highest BCUT2D eigenvalue weighted by molar-refractivity contribution is 5.95. The average Bonchev–Trinajstić information content (AvgIpc) is 2.61. The van der Waals surface area contributed by atoms with Crippen LogP contribution in [-0.4, -0.2) is 29.8 Å². The first-order chi connectivity index (χ1) is 11.5. The Morgan fingerprint density at radius 2 is 1.67 bits per heavy atom. The largest absolute Gasteiger partial charge is 0.369 e. The van der Waals surface area contributed by atoms with E-state index in [9.17, 15) is 14.0 Å². The second-order valence-electron chi connectivity index (χ2n) is 6.06. The van der Waals surface area contributed by atoms with Gasteiger partial charge in [0, 0.05) is 24.6 Å². The topological polar surface area (TPSA) is 63.4 Å². The molecule has 2 aromatic carbocycles. The lowest BCUT2D eigenvalue weighted by atomic mass is 9.95. The van der Waals surface area contributed by atoms with Crippen molar-refractivity contribution in [2.45, 2.75) is 12.8 Å². The minimum Gasteiger partial charge on any atom is -0.369 e. The predicted molar refractivity (Wildman–Crippen MR) is 89.7 cm³/mol. The minimum atomic E-state index is -0.438. The van der Waals surface area contributed by atoms with Crippen molar-refractivity contribution in [3.05, 3.63) is 59.9 Å². The number of nitrogens with two attached hydrogens (primary N) is 1. The van der Waals surface area contributed by atoms with Gasteiger partial charge in [0.05, 0.1) is 0 Å². The first kappa shape index (κ1) is 16.2. The third-order valence-corrected chi connectivity index (χ3v) is 4.44. The van der Waals surface area contributed by atoms with E-state index in [0.717, 1.165) is 5.56 Å². The van der Waals surface area contributed by atoms with E-state index in [4.69, 9.17) is 5.73 Å². The second kappa shape index (κ2) is 6.83. The SMILES string of the molecule is NC(=O)C1CCN(C(=O)c2cc(F)cc(-c3ccccc3)c2)CC1. The van der Waals surface area contributed by atoms with Crippen molar-refractivity contribution in [2.24, 2.45) is 11.7 Å². The molecule has 0 saturated carbocycles. The summed E-state index contributed by atoms with van der Waals surface area (Å²) in [5, 5.41) is 0. The molecule has 1 aliphatic rings. The summed E-state index contributed by atoms with van der Waals surface area (Å²) in [6, 6.07) is 13.8. The molecule has 124 valence electrons. The van der Waals surface area contributed by atoms with Gasteiger partial charge in [-0.3, -0.25) is 9.59 Å². The Labute approximate surface area is 140 Å². The molecule has 2 amide bonds. The third kappa shape index (κ3) is 3.45. The van der Waals surface area contributed by atoms with Gasteiger partial charge in [0.25, 0.3) is 5.91 Å². The Morgan fingerprint density at radius 1 is 1.00 bits per heavy atom. The molecule has 0 atom stereocenters. The van der Waals surface area contributed by atoms with Crippen LogP contribution in [0.3, 0.4) is 0 Å². The van der Waals surface area contributed by atoms with Crippen molar-refractivity contribution < 1.29 is 14.0 Å². The van der Waals surface area contributed by atoms with Gasteiger partial charge in [0.1, 0.15) is 5.82 Å². The summed E-state index contributed by atoms with van der Waals surface area (Å²) in [5.74, 6) is -1.15. The van der Waals surface area contributed by atoms with Crippen LogP contribution in [0, 0.1) is 11.7 Å². The molecule has 4 nitrogen and oxygen atoms in total. The van der Waals surface area contributed by atoms with E-state index in [2.05, 4.69) is 0 Å². The number of hydrogen-bond donors (Lipinski definition) is 1. The van der Waals surface area contributed by atoms with Crippen LogP contribution in [0.5, 0.6) is 0 Å². The lowest BCUT2D eigenvalue weighted by Crippen LogP contribution is -2.41. The molecule has 24 heavy (non-hydrogen) atoms. The zero-order chi connectivity index (χ0) is 17.1. The fourth-order valence-corrected chi connectivity index (χ4v) is 3.06. The van der Waals surface area contributed by atoms with E-state index in [1.165, 1.54) is 12.1 Å². The maximum absolute atomic E-state index is 14.0. The standard InChI is InChI=1S/C19H19FN2O2/c20-17-11-15(13-4-2-1-3-5-13)10-16(12-17)19(24)22-8-6-14(7-9-22)18(21)23/h1-5,10-12,14H,6-9H2,(H2,21,23). The van der Waals surface area contributed by atoms with Crippen LogP contribution < -0.4 is 5.73 Å². The fraction of sp³-hybridized carbons (Fsp3) is 0.263. The van der Waals surface area contributed by atoms with Gasteiger partial charge < -0.3 is 10.6 Å². The Balaban J connectivity index is 1.81. The van der Waals surface area contributed by atoms with Gasteiger partial charge in [0.2, 0.25) is 5.91 Å². The summed E-state index contributed by atoms with van der Waals surface area (Å²) < 4.78 is 14.0. The molecule has 1 aliphatic heterocycles. The monoisotopic (exact) mass is 326 g/mol. The normalized spacial score (nSPS) is 15.3. The number of halogens is 1. The number of nitrogens with zero attached hydrogens (tertiary/aromatic N) is 1. The fourth-order valence-electron chi connectivity index (χ4n) is 3.06. The number of carbonyl (C=O) groups is 2. The van der Waals surface area contributed by atoms with Gasteiger partial charge in [-0.2, -0.15) is 0 Å². The smallest absolute Gasteiger partial charge is 0.253 e. The van der Waals surface area contributed by atoms with Gasteiger partial charge in [-0.1, -0.05) is 30.3 Å². The van der Waals surface area contributed by atoms with Crippen molar-refractivity contribution in [3.63, 3.8) is 0 Å². The van der Waals surface area contributed by atoms with Crippen LogP contribution in [0.25, 0.3) is 11.1 Å². The maximum Gasteiger partial charge on any atom is 0.253 e. The lowest BCUT2D eigenvalue weighted by molar-refractivity contribution is -0.123. The second-order valence-corrected chi connectivity index (χ2v) is 6.06. The Morgan fingerprint density at radius 3 is 2.29 bits per heavy atom.